The maximum Gasteiger partial charge on any atom is 0.524 e. The van der Waals surface area contributed by atoms with Crippen molar-refractivity contribution in [2.24, 2.45) is 5.92 Å². The average Bonchev–Trinajstić information content (AvgIpc) is 3.02. The van der Waals surface area contributed by atoms with Crippen LogP contribution in [0, 0.1) is 17.6 Å². The van der Waals surface area contributed by atoms with E-state index in [0.717, 1.165) is 12.1 Å². The number of phosphoric ester groups is 1. The Hall–Kier alpha value is -3.94. The van der Waals surface area contributed by atoms with Crippen molar-refractivity contribution < 1.29 is 56.6 Å². The molecule has 0 radical (unpaired) electrons. The van der Waals surface area contributed by atoms with Crippen molar-refractivity contribution in [2.45, 2.75) is 49.1 Å². The van der Waals surface area contributed by atoms with E-state index < -0.39 is 73.4 Å². The van der Waals surface area contributed by atoms with E-state index in [9.17, 15) is 42.6 Å². The molecule has 0 aromatic heterocycles. The number of hydrogen-bond donors (Lipinski definition) is 5. The standard InChI is InChI=1S/C32H31Cl2F2N2O10P/c33-23-6-4-19(13-25(23)35)46-16-27(39)37-31-8-10-32(11-9-31,38-28(40)17-47-20-5-7-24(34)26(36)14-20)22(15-31)29(30(41)42)18-2-1-3-21(12-18)48-49(43,44)45/h1-7,12-14,22,29H,8-11,15-17H2,(H,37,39)(H,38,40)(H,41,42)(H2,43,44,45). The van der Waals surface area contributed by atoms with Gasteiger partial charge in [0.05, 0.1) is 16.0 Å². The lowest BCUT2D eigenvalue weighted by Gasteiger charge is -2.59. The number of phosphoric acid groups is 1. The van der Waals surface area contributed by atoms with Crippen LogP contribution in [0.15, 0.2) is 60.7 Å². The highest BCUT2D eigenvalue weighted by Crippen LogP contribution is 2.55. The van der Waals surface area contributed by atoms with Crippen LogP contribution >= 0.6 is 31.0 Å². The summed E-state index contributed by atoms with van der Waals surface area (Å²) in [5.74, 6) is -6.23. The van der Waals surface area contributed by atoms with Crippen molar-refractivity contribution in [2.75, 3.05) is 13.2 Å². The highest BCUT2D eigenvalue weighted by atomic mass is 35.5. The van der Waals surface area contributed by atoms with Gasteiger partial charge in [-0.3, -0.25) is 24.2 Å². The molecule has 12 nitrogen and oxygen atoms in total. The number of rotatable bonds is 13. The first-order chi connectivity index (χ1) is 23.1. The van der Waals surface area contributed by atoms with Gasteiger partial charge in [0.15, 0.2) is 13.2 Å². The molecule has 262 valence electrons. The van der Waals surface area contributed by atoms with Gasteiger partial charge in [0, 0.05) is 29.1 Å². The zero-order chi connectivity index (χ0) is 35.6. The van der Waals surface area contributed by atoms with Gasteiger partial charge >= 0.3 is 13.8 Å². The molecule has 3 fully saturated rings. The van der Waals surface area contributed by atoms with Crippen LogP contribution in [-0.2, 0) is 18.9 Å². The predicted octanol–water partition coefficient (Wildman–Crippen LogP) is 5.37. The van der Waals surface area contributed by atoms with Crippen LogP contribution in [0.3, 0.4) is 0 Å². The monoisotopic (exact) mass is 742 g/mol. The van der Waals surface area contributed by atoms with Crippen LogP contribution in [0.25, 0.3) is 0 Å². The second-order valence-electron chi connectivity index (χ2n) is 12.0. The van der Waals surface area contributed by atoms with Crippen molar-refractivity contribution in [1.82, 2.24) is 10.6 Å². The Bertz CT molecular complexity index is 1800. The molecule has 0 aliphatic heterocycles. The van der Waals surface area contributed by atoms with E-state index in [0.29, 0.717) is 12.8 Å². The van der Waals surface area contributed by atoms with Gasteiger partial charge < -0.3 is 29.7 Å². The number of benzene rings is 3. The number of carboxylic acids is 1. The summed E-state index contributed by atoms with van der Waals surface area (Å²) < 4.78 is 54.9. The average molecular weight is 743 g/mol. The lowest BCUT2D eigenvalue weighted by Crippen LogP contribution is -2.69. The van der Waals surface area contributed by atoms with Crippen LogP contribution in [-0.4, -0.2) is 57.0 Å². The summed E-state index contributed by atoms with van der Waals surface area (Å²) in [6.45, 7) is -0.995. The fourth-order valence-corrected chi connectivity index (χ4v) is 7.35. The third-order valence-corrected chi connectivity index (χ3v) is 9.91. The van der Waals surface area contributed by atoms with Crippen molar-refractivity contribution in [3.63, 3.8) is 0 Å². The molecule has 3 aliphatic rings. The van der Waals surface area contributed by atoms with Gasteiger partial charge in [-0.15, -0.1) is 0 Å². The van der Waals surface area contributed by atoms with Gasteiger partial charge in [-0.05, 0) is 74.1 Å². The molecule has 49 heavy (non-hydrogen) atoms. The molecule has 6 rings (SSSR count). The zero-order valence-electron chi connectivity index (χ0n) is 25.5. The van der Waals surface area contributed by atoms with E-state index in [4.69, 9.17) is 37.2 Å². The second-order valence-corrected chi connectivity index (χ2v) is 14.0. The first kappa shape index (κ1) is 36.3. The number of hydrogen-bond acceptors (Lipinski definition) is 7. The second kappa shape index (κ2) is 14.5. The molecule has 0 saturated heterocycles. The fourth-order valence-electron chi connectivity index (χ4n) is 6.72. The number of carbonyl (C=O) groups excluding carboxylic acids is 2. The Morgan fingerprint density at radius 2 is 1.39 bits per heavy atom. The number of aliphatic carboxylic acids is 1. The summed E-state index contributed by atoms with van der Waals surface area (Å²) in [5, 5.41) is 16.3. The van der Waals surface area contributed by atoms with Gasteiger partial charge in [0.25, 0.3) is 11.8 Å². The minimum absolute atomic E-state index is 0.0500. The molecule has 3 aromatic carbocycles. The van der Waals surface area contributed by atoms with Gasteiger partial charge in [0.2, 0.25) is 0 Å². The SMILES string of the molecule is O=C(COc1ccc(Cl)c(F)c1)NC12CCC(NC(=O)COc3ccc(Cl)c(F)c3)(CC1)C(C(C(=O)O)c1cccc(OP(=O)(O)O)c1)C2. The number of carboxylic acid groups (broad SMARTS) is 1. The van der Waals surface area contributed by atoms with Crippen molar-refractivity contribution in [3.8, 4) is 17.2 Å². The van der Waals surface area contributed by atoms with Crippen LogP contribution < -0.4 is 24.6 Å². The molecule has 0 spiro atoms. The maximum absolute atomic E-state index is 13.9. The smallest absolute Gasteiger partial charge is 0.484 e. The van der Waals surface area contributed by atoms with E-state index in [1.54, 1.807) is 0 Å². The van der Waals surface area contributed by atoms with E-state index in [-0.39, 0.29) is 52.1 Å². The summed E-state index contributed by atoms with van der Waals surface area (Å²) in [6, 6.07) is 12.7. The number of carbonyl (C=O) groups is 3. The first-order valence-electron chi connectivity index (χ1n) is 14.9. The van der Waals surface area contributed by atoms with Crippen molar-refractivity contribution in [3.05, 3.63) is 87.9 Å². The number of amides is 2. The molecule has 2 unspecified atom stereocenters. The maximum atomic E-state index is 13.9. The molecule has 2 atom stereocenters. The fraction of sp³-hybridized carbons (Fsp3) is 0.344. The number of nitrogens with one attached hydrogen (secondary N) is 2. The van der Waals surface area contributed by atoms with Crippen LogP contribution in [0.2, 0.25) is 10.0 Å². The van der Waals surface area contributed by atoms with Gasteiger partial charge in [-0.25, -0.2) is 13.3 Å². The van der Waals surface area contributed by atoms with E-state index >= 15 is 0 Å². The molecule has 3 aromatic rings. The summed E-state index contributed by atoms with van der Waals surface area (Å²) in [5.41, 5.74) is -1.88. The lowest BCUT2D eigenvalue weighted by atomic mass is 9.52. The lowest BCUT2D eigenvalue weighted by molar-refractivity contribution is -0.146. The number of fused-ring (bicyclic) bond motifs is 3. The van der Waals surface area contributed by atoms with Gasteiger partial charge in [0.1, 0.15) is 28.9 Å². The molecule has 17 heteroatoms. The molecule has 3 saturated carbocycles. The Morgan fingerprint density at radius 3 is 1.90 bits per heavy atom. The third kappa shape index (κ3) is 8.81. The quantitative estimate of drug-likeness (QED) is 0.143. The van der Waals surface area contributed by atoms with E-state index in [1.165, 1.54) is 48.5 Å². The molecular formula is C32H31Cl2F2N2O10P. The van der Waals surface area contributed by atoms with Crippen LogP contribution in [0.4, 0.5) is 8.78 Å². The van der Waals surface area contributed by atoms with Crippen LogP contribution in [0.5, 0.6) is 17.2 Å². The number of ether oxygens (including phenoxy) is 2. The molecule has 2 amide bonds. The summed E-state index contributed by atoms with van der Waals surface area (Å²) in [6.07, 6.45) is 1.26. The first-order valence-corrected chi connectivity index (χ1v) is 17.2. The Labute approximate surface area is 288 Å². The Balaban J connectivity index is 1.39. The molecule has 3 aliphatic carbocycles. The molecule has 0 heterocycles. The zero-order valence-corrected chi connectivity index (χ0v) is 27.9. The topological polar surface area (TPSA) is 181 Å². The minimum Gasteiger partial charge on any atom is -0.484 e. The normalized spacial score (nSPS) is 22.1. The van der Waals surface area contributed by atoms with Gasteiger partial charge in [-0.2, -0.15) is 0 Å². The summed E-state index contributed by atoms with van der Waals surface area (Å²) >= 11 is 11.4. The van der Waals surface area contributed by atoms with Crippen LogP contribution in [0.1, 0.15) is 43.6 Å². The summed E-state index contributed by atoms with van der Waals surface area (Å²) in [7, 11) is -4.97. The van der Waals surface area contributed by atoms with E-state index in [1.807, 2.05) is 0 Å². The molecule has 5 N–H and O–H groups in total. The molecular weight excluding hydrogens is 712 g/mol. The van der Waals surface area contributed by atoms with Crippen molar-refractivity contribution >= 4 is 48.8 Å². The van der Waals surface area contributed by atoms with Crippen molar-refractivity contribution in [1.29, 1.82) is 0 Å². The third-order valence-electron chi connectivity index (χ3n) is 8.84. The highest BCUT2D eigenvalue weighted by molar-refractivity contribution is 7.46. The van der Waals surface area contributed by atoms with E-state index in [2.05, 4.69) is 10.6 Å². The summed E-state index contributed by atoms with van der Waals surface area (Å²) in [4.78, 5) is 58.0. The highest BCUT2D eigenvalue weighted by Gasteiger charge is 2.59. The Kier molecular flexibility index (Phi) is 10.8. The largest absolute Gasteiger partial charge is 0.524 e. The molecule has 2 bridgehead atoms. The predicted molar refractivity (Wildman–Crippen MR) is 172 cm³/mol. The number of halogens is 4. The van der Waals surface area contributed by atoms with Gasteiger partial charge in [-0.1, -0.05) is 35.3 Å². The Morgan fingerprint density at radius 1 is 0.837 bits per heavy atom. The minimum atomic E-state index is -4.97.